The summed E-state index contributed by atoms with van der Waals surface area (Å²) in [5.41, 5.74) is -0.547. The maximum atomic E-state index is 10.4. The molecule has 0 unspecified atom stereocenters. The molecular weight excluding hydrogens is 192 g/mol. The third kappa shape index (κ3) is 1.71. The molecule has 0 bridgehead atoms. The van der Waals surface area contributed by atoms with Crippen LogP contribution in [0, 0.1) is 10.1 Å². The number of phenolic OH excluding ortho intramolecular Hbond substituents is 2. The van der Waals surface area contributed by atoms with Gasteiger partial charge in [0.05, 0.1) is 11.1 Å². The largest absolute Gasteiger partial charge is 0.504 e. The Bertz CT molecular complexity index is 401. The van der Waals surface area contributed by atoms with Crippen LogP contribution in [0.15, 0.2) is 17.3 Å². The molecule has 1 aromatic carbocycles. The Hall–Kier alpha value is -2.31. The lowest BCUT2D eigenvalue weighted by Crippen LogP contribution is -1.91. The average molecular weight is 198 g/mol. The molecule has 0 atom stereocenters. The standard InChI is InChI=1S/C7H6N2O5/c10-6-2-4(3-8-12)1-5(7(6)11)9(13)14/h1-3,10-12H/b8-3-. The smallest absolute Gasteiger partial charge is 0.315 e. The van der Waals surface area contributed by atoms with E-state index >= 15 is 0 Å². The molecule has 7 nitrogen and oxygen atoms in total. The van der Waals surface area contributed by atoms with E-state index in [1.54, 1.807) is 0 Å². The SMILES string of the molecule is O=[N+]([O-])c1cc(/C=N\O)cc(O)c1O. The summed E-state index contributed by atoms with van der Waals surface area (Å²) in [7, 11) is 0. The average Bonchev–Trinajstić information content (AvgIpc) is 2.11. The summed E-state index contributed by atoms with van der Waals surface area (Å²) in [6, 6.07) is 2.00. The van der Waals surface area contributed by atoms with E-state index in [4.69, 9.17) is 15.4 Å². The van der Waals surface area contributed by atoms with Crippen LogP contribution in [0.1, 0.15) is 5.56 Å². The van der Waals surface area contributed by atoms with Gasteiger partial charge in [0.2, 0.25) is 5.75 Å². The Morgan fingerprint density at radius 1 is 1.43 bits per heavy atom. The minimum absolute atomic E-state index is 0.106. The molecule has 0 aliphatic heterocycles. The predicted molar refractivity (Wildman–Crippen MR) is 45.8 cm³/mol. The maximum Gasteiger partial charge on any atom is 0.315 e. The van der Waals surface area contributed by atoms with Gasteiger partial charge in [0.1, 0.15) is 0 Å². The Kier molecular flexibility index (Phi) is 2.52. The van der Waals surface area contributed by atoms with Gasteiger partial charge < -0.3 is 15.4 Å². The highest BCUT2D eigenvalue weighted by Crippen LogP contribution is 2.35. The first-order valence-electron chi connectivity index (χ1n) is 3.44. The van der Waals surface area contributed by atoms with Crippen LogP contribution in [-0.4, -0.2) is 26.6 Å². The molecule has 7 heteroatoms. The molecule has 0 saturated heterocycles. The van der Waals surface area contributed by atoms with Crippen LogP contribution < -0.4 is 0 Å². The summed E-state index contributed by atoms with van der Waals surface area (Å²) in [5, 5.41) is 39.3. The van der Waals surface area contributed by atoms with Gasteiger partial charge in [-0.25, -0.2) is 0 Å². The molecule has 14 heavy (non-hydrogen) atoms. The number of aromatic hydroxyl groups is 2. The number of nitrogens with zero attached hydrogens (tertiary/aromatic N) is 2. The number of nitro benzene ring substituents is 1. The maximum absolute atomic E-state index is 10.4. The van der Waals surface area contributed by atoms with Crippen molar-refractivity contribution in [2.24, 2.45) is 5.16 Å². The summed E-state index contributed by atoms with van der Waals surface area (Å²) in [4.78, 5) is 9.50. The van der Waals surface area contributed by atoms with Crippen LogP contribution >= 0.6 is 0 Å². The van der Waals surface area contributed by atoms with Gasteiger partial charge in [0.25, 0.3) is 0 Å². The minimum Gasteiger partial charge on any atom is -0.504 e. The van der Waals surface area contributed by atoms with E-state index in [9.17, 15) is 10.1 Å². The van der Waals surface area contributed by atoms with Gasteiger partial charge in [-0.05, 0) is 6.07 Å². The van der Waals surface area contributed by atoms with Crippen LogP contribution in [-0.2, 0) is 0 Å². The molecule has 0 fully saturated rings. The Morgan fingerprint density at radius 3 is 2.57 bits per heavy atom. The van der Waals surface area contributed by atoms with E-state index < -0.39 is 22.1 Å². The van der Waals surface area contributed by atoms with E-state index in [-0.39, 0.29) is 5.56 Å². The number of rotatable bonds is 2. The molecule has 0 radical (unpaired) electrons. The van der Waals surface area contributed by atoms with Gasteiger partial charge in [-0.15, -0.1) is 0 Å². The molecule has 0 saturated carbocycles. The van der Waals surface area contributed by atoms with E-state index in [1.807, 2.05) is 0 Å². The van der Waals surface area contributed by atoms with Gasteiger partial charge in [-0.2, -0.15) is 0 Å². The van der Waals surface area contributed by atoms with E-state index in [0.717, 1.165) is 18.3 Å². The molecule has 0 aromatic heterocycles. The minimum atomic E-state index is -0.857. The Labute approximate surface area is 77.7 Å². The number of benzene rings is 1. The highest BCUT2D eigenvalue weighted by atomic mass is 16.6. The monoisotopic (exact) mass is 198 g/mol. The third-order valence-corrected chi connectivity index (χ3v) is 1.50. The molecule has 0 aliphatic rings. The molecule has 3 N–H and O–H groups in total. The molecule has 1 rings (SSSR count). The van der Waals surface area contributed by atoms with Crippen LogP contribution in [0.3, 0.4) is 0 Å². The molecule has 0 heterocycles. The molecule has 0 aliphatic carbocycles. The van der Waals surface area contributed by atoms with Crippen LogP contribution in [0.4, 0.5) is 5.69 Å². The van der Waals surface area contributed by atoms with E-state index in [0.29, 0.717) is 0 Å². The van der Waals surface area contributed by atoms with Gasteiger partial charge in [0.15, 0.2) is 5.75 Å². The summed E-state index contributed by atoms with van der Waals surface area (Å²) in [5.74, 6) is -1.46. The lowest BCUT2D eigenvalue weighted by Gasteiger charge is -1.99. The lowest BCUT2D eigenvalue weighted by atomic mass is 10.2. The van der Waals surface area contributed by atoms with Crippen LogP contribution in [0.25, 0.3) is 0 Å². The van der Waals surface area contributed by atoms with Crippen molar-refractivity contribution in [2.45, 2.75) is 0 Å². The number of nitro groups is 1. The quantitative estimate of drug-likeness (QED) is 0.214. The fourth-order valence-electron chi connectivity index (χ4n) is 0.906. The van der Waals surface area contributed by atoms with Crippen molar-refractivity contribution in [3.05, 3.63) is 27.8 Å². The first-order chi connectivity index (χ1) is 6.56. The van der Waals surface area contributed by atoms with E-state index in [1.165, 1.54) is 0 Å². The second-order valence-corrected chi connectivity index (χ2v) is 2.41. The van der Waals surface area contributed by atoms with Crippen molar-refractivity contribution in [3.8, 4) is 11.5 Å². The zero-order valence-electron chi connectivity index (χ0n) is 6.78. The van der Waals surface area contributed by atoms with Crippen molar-refractivity contribution in [1.82, 2.24) is 0 Å². The molecule has 0 amide bonds. The second-order valence-electron chi connectivity index (χ2n) is 2.41. The summed E-state index contributed by atoms with van der Waals surface area (Å²) in [6.07, 6.45) is 0.895. The number of hydrogen-bond acceptors (Lipinski definition) is 6. The summed E-state index contributed by atoms with van der Waals surface area (Å²) < 4.78 is 0. The molecule has 1 aromatic rings. The van der Waals surface area contributed by atoms with Crippen molar-refractivity contribution < 1.29 is 20.3 Å². The fourth-order valence-corrected chi connectivity index (χ4v) is 0.906. The van der Waals surface area contributed by atoms with Crippen molar-refractivity contribution >= 4 is 11.9 Å². The van der Waals surface area contributed by atoms with Crippen molar-refractivity contribution in [2.75, 3.05) is 0 Å². The number of hydrogen-bond donors (Lipinski definition) is 3. The first-order valence-corrected chi connectivity index (χ1v) is 3.44. The predicted octanol–water partition coefficient (Wildman–Crippen LogP) is 0.814. The highest BCUT2D eigenvalue weighted by Gasteiger charge is 2.18. The molecule has 74 valence electrons. The van der Waals surface area contributed by atoms with Gasteiger partial charge in [-0.3, -0.25) is 10.1 Å². The van der Waals surface area contributed by atoms with E-state index in [2.05, 4.69) is 5.16 Å². The fraction of sp³-hybridized carbons (Fsp3) is 0. The van der Waals surface area contributed by atoms with Crippen LogP contribution in [0.2, 0.25) is 0 Å². The first kappa shape index (κ1) is 9.78. The normalized spacial score (nSPS) is 10.6. The number of oxime groups is 1. The number of phenols is 2. The summed E-state index contributed by atoms with van der Waals surface area (Å²) in [6.45, 7) is 0. The Morgan fingerprint density at radius 2 is 2.07 bits per heavy atom. The van der Waals surface area contributed by atoms with Gasteiger partial charge >= 0.3 is 5.69 Å². The Balaban J connectivity index is 3.35. The molecule has 0 spiro atoms. The zero-order valence-corrected chi connectivity index (χ0v) is 6.78. The second kappa shape index (κ2) is 3.60. The van der Waals surface area contributed by atoms with Crippen molar-refractivity contribution in [1.29, 1.82) is 0 Å². The van der Waals surface area contributed by atoms with Crippen molar-refractivity contribution in [3.63, 3.8) is 0 Å². The third-order valence-electron chi connectivity index (χ3n) is 1.50. The zero-order chi connectivity index (χ0) is 10.7. The molecular formula is C7H6N2O5. The topological polar surface area (TPSA) is 116 Å². The summed E-state index contributed by atoms with van der Waals surface area (Å²) >= 11 is 0. The van der Waals surface area contributed by atoms with Gasteiger partial charge in [0, 0.05) is 11.6 Å². The lowest BCUT2D eigenvalue weighted by molar-refractivity contribution is -0.386. The van der Waals surface area contributed by atoms with Gasteiger partial charge in [-0.1, -0.05) is 5.16 Å². The van der Waals surface area contributed by atoms with Crippen LogP contribution in [0.5, 0.6) is 11.5 Å². The highest BCUT2D eigenvalue weighted by molar-refractivity contribution is 5.82.